The van der Waals surface area contributed by atoms with Crippen molar-refractivity contribution in [3.05, 3.63) is 65.6 Å². The van der Waals surface area contributed by atoms with Crippen molar-refractivity contribution in [2.75, 3.05) is 5.32 Å². The molecule has 2 heterocycles. The number of rotatable bonds is 3. The molecule has 1 N–H and O–H groups in total. The number of nitrogens with zero attached hydrogens (tertiary/aromatic N) is 3. The second kappa shape index (κ2) is 5.06. The van der Waals surface area contributed by atoms with Gasteiger partial charge >= 0.3 is 0 Å². The van der Waals surface area contributed by atoms with Gasteiger partial charge in [0.2, 0.25) is 0 Å². The third-order valence-corrected chi connectivity index (χ3v) is 3.26. The summed E-state index contributed by atoms with van der Waals surface area (Å²) in [6.07, 6.45) is 1.88. The standard InChI is InChI=1S/C16H14N4/c1-12-4-2-7-16-19-11-15(20(12)16)10-18-14-6-3-5-13(8-14)9-17/h2-8,11,18H,10H2,1H3. The van der Waals surface area contributed by atoms with Crippen molar-refractivity contribution in [2.24, 2.45) is 0 Å². The first-order chi connectivity index (χ1) is 9.78. The van der Waals surface area contributed by atoms with Crippen molar-refractivity contribution >= 4 is 11.3 Å². The molecular formula is C16H14N4. The number of anilines is 1. The van der Waals surface area contributed by atoms with Crippen molar-refractivity contribution in [1.82, 2.24) is 9.38 Å². The van der Waals surface area contributed by atoms with Gasteiger partial charge in [-0.1, -0.05) is 12.1 Å². The van der Waals surface area contributed by atoms with Gasteiger partial charge in [0.05, 0.1) is 30.1 Å². The Morgan fingerprint density at radius 2 is 2.10 bits per heavy atom. The van der Waals surface area contributed by atoms with E-state index in [0.29, 0.717) is 12.1 Å². The van der Waals surface area contributed by atoms with E-state index in [4.69, 9.17) is 5.26 Å². The van der Waals surface area contributed by atoms with Gasteiger partial charge in [0.15, 0.2) is 0 Å². The van der Waals surface area contributed by atoms with Gasteiger partial charge in [-0.15, -0.1) is 0 Å². The van der Waals surface area contributed by atoms with E-state index in [-0.39, 0.29) is 0 Å². The fourth-order valence-electron chi connectivity index (χ4n) is 2.29. The molecule has 4 nitrogen and oxygen atoms in total. The number of aryl methyl sites for hydroxylation is 1. The number of aromatic nitrogens is 2. The van der Waals surface area contributed by atoms with E-state index >= 15 is 0 Å². The van der Waals surface area contributed by atoms with Crippen LogP contribution in [-0.2, 0) is 6.54 Å². The zero-order valence-electron chi connectivity index (χ0n) is 11.2. The van der Waals surface area contributed by atoms with Crippen LogP contribution in [0.1, 0.15) is 17.0 Å². The van der Waals surface area contributed by atoms with Crippen LogP contribution >= 0.6 is 0 Å². The molecule has 0 fully saturated rings. The molecule has 0 atom stereocenters. The molecule has 0 spiro atoms. The molecule has 0 unspecified atom stereocenters. The quantitative estimate of drug-likeness (QED) is 0.789. The molecule has 2 aromatic heterocycles. The van der Waals surface area contributed by atoms with Gasteiger partial charge in [-0.2, -0.15) is 5.26 Å². The van der Waals surface area contributed by atoms with Crippen molar-refractivity contribution in [3.63, 3.8) is 0 Å². The minimum Gasteiger partial charge on any atom is -0.379 e. The molecule has 0 aliphatic carbocycles. The number of benzene rings is 1. The Bertz CT molecular complexity index is 796. The maximum absolute atomic E-state index is 8.90. The highest BCUT2D eigenvalue weighted by Crippen LogP contribution is 2.14. The highest BCUT2D eigenvalue weighted by Gasteiger charge is 2.04. The Hall–Kier alpha value is -2.80. The van der Waals surface area contributed by atoms with E-state index in [2.05, 4.69) is 33.8 Å². The molecule has 20 heavy (non-hydrogen) atoms. The normalized spacial score (nSPS) is 10.4. The van der Waals surface area contributed by atoms with E-state index in [0.717, 1.165) is 22.7 Å². The highest BCUT2D eigenvalue weighted by atomic mass is 15.0. The fraction of sp³-hybridized carbons (Fsp3) is 0.125. The summed E-state index contributed by atoms with van der Waals surface area (Å²) in [6, 6.07) is 15.7. The lowest BCUT2D eigenvalue weighted by atomic mass is 10.2. The zero-order valence-corrected chi connectivity index (χ0v) is 11.2. The molecule has 0 amide bonds. The third kappa shape index (κ3) is 2.21. The van der Waals surface area contributed by atoms with Gasteiger partial charge in [-0.05, 0) is 37.3 Å². The average molecular weight is 262 g/mol. The molecule has 0 bridgehead atoms. The zero-order chi connectivity index (χ0) is 13.9. The molecule has 98 valence electrons. The van der Waals surface area contributed by atoms with E-state index < -0.39 is 0 Å². The third-order valence-electron chi connectivity index (χ3n) is 3.26. The molecule has 3 rings (SSSR count). The number of fused-ring (bicyclic) bond motifs is 1. The molecule has 0 saturated carbocycles. The Labute approximate surface area is 117 Å². The van der Waals surface area contributed by atoms with Crippen LogP contribution in [0, 0.1) is 18.3 Å². The van der Waals surface area contributed by atoms with Crippen LogP contribution < -0.4 is 5.32 Å². The number of pyridine rings is 1. The maximum Gasteiger partial charge on any atom is 0.137 e. The van der Waals surface area contributed by atoms with Gasteiger partial charge in [0.25, 0.3) is 0 Å². The molecular weight excluding hydrogens is 248 g/mol. The van der Waals surface area contributed by atoms with Crippen LogP contribution in [0.5, 0.6) is 0 Å². The second-order valence-corrected chi connectivity index (χ2v) is 4.66. The number of hydrogen-bond acceptors (Lipinski definition) is 3. The Kier molecular flexibility index (Phi) is 3.10. The van der Waals surface area contributed by atoms with Crippen molar-refractivity contribution in [1.29, 1.82) is 5.26 Å². The smallest absolute Gasteiger partial charge is 0.137 e. The number of hydrogen-bond donors (Lipinski definition) is 1. The summed E-state index contributed by atoms with van der Waals surface area (Å²) in [4.78, 5) is 4.40. The number of nitriles is 1. The molecule has 3 aromatic rings. The number of imidazole rings is 1. The molecule has 0 aliphatic heterocycles. The van der Waals surface area contributed by atoms with Crippen molar-refractivity contribution < 1.29 is 0 Å². The van der Waals surface area contributed by atoms with Crippen LogP contribution in [0.2, 0.25) is 0 Å². The molecule has 1 aromatic carbocycles. The van der Waals surface area contributed by atoms with E-state index in [1.54, 1.807) is 6.07 Å². The van der Waals surface area contributed by atoms with Crippen molar-refractivity contribution in [3.8, 4) is 6.07 Å². The van der Waals surface area contributed by atoms with Crippen LogP contribution in [0.3, 0.4) is 0 Å². The first-order valence-corrected chi connectivity index (χ1v) is 6.44. The molecule has 0 radical (unpaired) electrons. The summed E-state index contributed by atoms with van der Waals surface area (Å²) in [5, 5.41) is 12.2. The lowest BCUT2D eigenvalue weighted by molar-refractivity contribution is 0.967. The topological polar surface area (TPSA) is 53.1 Å². The summed E-state index contributed by atoms with van der Waals surface area (Å²) >= 11 is 0. The van der Waals surface area contributed by atoms with Gasteiger partial charge in [-0.25, -0.2) is 4.98 Å². The average Bonchev–Trinajstić information content (AvgIpc) is 2.90. The van der Waals surface area contributed by atoms with E-state index in [9.17, 15) is 0 Å². The SMILES string of the molecule is Cc1cccc2ncc(CNc3cccc(C#N)c3)n12. The minimum atomic E-state index is 0.657. The Morgan fingerprint density at radius 3 is 2.95 bits per heavy atom. The summed E-state index contributed by atoms with van der Waals surface area (Å²) in [5.74, 6) is 0. The van der Waals surface area contributed by atoms with Crippen LogP contribution in [0.4, 0.5) is 5.69 Å². The van der Waals surface area contributed by atoms with Gasteiger partial charge in [0.1, 0.15) is 5.65 Å². The van der Waals surface area contributed by atoms with Gasteiger partial charge in [-0.3, -0.25) is 4.40 Å². The predicted octanol–water partition coefficient (Wildman–Crippen LogP) is 3.13. The monoisotopic (exact) mass is 262 g/mol. The van der Waals surface area contributed by atoms with Gasteiger partial charge in [0, 0.05) is 11.4 Å². The van der Waals surface area contributed by atoms with Crippen molar-refractivity contribution in [2.45, 2.75) is 13.5 Å². The molecule has 0 saturated heterocycles. The minimum absolute atomic E-state index is 0.657. The van der Waals surface area contributed by atoms with Crippen LogP contribution in [0.15, 0.2) is 48.7 Å². The van der Waals surface area contributed by atoms with Gasteiger partial charge < -0.3 is 5.32 Å². The Morgan fingerprint density at radius 1 is 1.25 bits per heavy atom. The second-order valence-electron chi connectivity index (χ2n) is 4.66. The summed E-state index contributed by atoms with van der Waals surface area (Å²) in [7, 11) is 0. The van der Waals surface area contributed by atoms with Crippen LogP contribution in [-0.4, -0.2) is 9.38 Å². The fourth-order valence-corrected chi connectivity index (χ4v) is 2.29. The number of nitrogens with one attached hydrogen (secondary N) is 1. The Balaban J connectivity index is 1.85. The first-order valence-electron chi connectivity index (χ1n) is 6.44. The summed E-state index contributed by atoms with van der Waals surface area (Å²) < 4.78 is 2.13. The predicted molar refractivity (Wildman–Crippen MR) is 78.4 cm³/mol. The van der Waals surface area contributed by atoms with E-state index in [1.807, 2.05) is 36.5 Å². The maximum atomic E-state index is 8.90. The lowest BCUT2D eigenvalue weighted by Gasteiger charge is -2.08. The highest BCUT2D eigenvalue weighted by molar-refractivity contribution is 5.50. The van der Waals surface area contributed by atoms with E-state index in [1.165, 1.54) is 0 Å². The summed E-state index contributed by atoms with van der Waals surface area (Å²) in [5.41, 5.74) is 4.80. The lowest BCUT2D eigenvalue weighted by Crippen LogP contribution is -2.04. The van der Waals surface area contributed by atoms with Crippen LogP contribution in [0.25, 0.3) is 5.65 Å². The first kappa shape index (κ1) is 12.2. The molecule has 0 aliphatic rings. The largest absolute Gasteiger partial charge is 0.379 e. The summed E-state index contributed by atoms with van der Waals surface area (Å²) in [6.45, 7) is 2.73. The molecule has 4 heteroatoms.